The van der Waals surface area contributed by atoms with E-state index >= 15 is 0 Å². The maximum absolute atomic E-state index is 7.04. The van der Waals surface area contributed by atoms with Gasteiger partial charge < -0.3 is 0 Å². The van der Waals surface area contributed by atoms with E-state index in [2.05, 4.69) is 86.6 Å². The molecule has 0 bridgehead atoms. The van der Waals surface area contributed by atoms with E-state index in [9.17, 15) is 0 Å². The van der Waals surface area contributed by atoms with Crippen molar-refractivity contribution in [2.45, 2.75) is 63.2 Å². The fourth-order valence-corrected chi connectivity index (χ4v) is 5.49. The van der Waals surface area contributed by atoms with Gasteiger partial charge in [-0.3, -0.25) is 0 Å². The molecule has 0 radical (unpaired) electrons. The molecule has 0 amide bonds. The monoisotopic (exact) mass is 516 g/mol. The van der Waals surface area contributed by atoms with Crippen molar-refractivity contribution in [1.29, 1.82) is 0 Å². The Morgan fingerprint density at radius 2 is 1.36 bits per heavy atom. The Morgan fingerprint density at radius 3 is 1.89 bits per heavy atom. The second-order valence-corrected chi connectivity index (χ2v) is 10.3. The van der Waals surface area contributed by atoms with Gasteiger partial charge in [0.15, 0.2) is 5.82 Å². The fourth-order valence-electron chi connectivity index (χ4n) is 4.92. The highest BCUT2D eigenvalue weighted by Crippen LogP contribution is 2.43. The van der Waals surface area contributed by atoms with Crippen molar-refractivity contribution in [3.05, 3.63) is 119 Å². The maximum atomic E-state index is 7.04. The van der Waals surface area contributed by atoms with Crippen LogP contribution in [0.2, 0.25) is 5.02 Å². The highest BCUT2D eigenvalue weighted by atomic mass is 35.5. The molecule has 0 aliphatic rings. The van der Waals surface area contributed by atoms with Crippen LogP contribution < -0.4 is 0 Å². The number of unbranched alkanes of at least 4 members (excludes halogenated alkanes) is 2. The van der Waals surface area contributed by atoms with Crippen LogP contribution in [0.3, 0.4) is 0 Å². The zero-order valence-corrected chi connectivity index (χ0v) is 22.6. The minimum atomic E-state index is -0.0733. The molecule has 2 nitrogen and oxygen atoms in total. The molecule has 0 fully saturated rings. The van der Waals surface area contributed by atoms with Crippen molar-refractivity contribution in [3.63, 3.8) is 0 Å². The van der Waals surface area contributed by atoms with Gasteiger partial charge in [-0.15, -0.1) is 11.6 Å². The summed E-state index contributed by atoms with van der Waals surface area (Å²) in [5.41, 5.74) is 5.62. The summed E-state index contributed by atoms with van der Waals surface area (Å²) in [4.78, 5) is 9.54. The molecule has 3 aromatic carbocycles. The van der Waals surface area contributed by atoms with E-state index in [0.29, 0.717) is 10.8 Å². The van der Waals surface area contributed by atoms with Crippen molar-refractivity contribution < 1.29 is 0 Å². The van der Waals surface area contributed by atoms with E-state index in [-0.39, 0.29) is 17.2 Å². The Hall–Kier alpha value is -2.68. The second kappa shape index (κ2) is 13.0. The van der Waals surface area contributed by atoms with Gasteiger partial charge in [-0.1, -0.05) is 105 Å². The summed E-state index contributed by atoms with van der Waals surface area (Å²) in [6, 6.07) is 27.4. The van der Waals surface area contributed by atoms with Gasteiger partial charge in [-0.05, 0) is 53.6 Å². The molecule has 186 valence electrons. The number of benzene rings is 3. The standard InChI is InChI=1S/C32H34Cl2N2/c1-3-5-8-13-23-18-19-27(29(34)20-23)32-35-21-26(22-36-32)31(28(33)4-2)30(24-14-9-6-10-15-24)25-16-11-7-12-17-25/h6-7,9-12,14-22,28,30-31H,3-5,8,13H2,1-2H3. The van der Waals surface area contributed by atoms with Gasteiger partial charge >= 0.3 is 0 Å². The lowest BCUT2D eigenvalue weighted by atomic mass is 9.75. The number of alkyl halides is 1. The molecule has 2 atom stereocenters. The number of hydrogen-bond acceptors (Lipinski definition) is 2. The van der Waals surface area contributed by atoms with Crippen LogP contribution in [0.1, 0.15) is 73.6 Å². The Kier molecular flexibility index (Phi) is 9.55. The Labute approximate surface area is 225 Å². The number of aromatic nitrogens is 2. The molecule has 0 aliphatic heterocycles. The first-order valence-corrected chi connectivity index (χ1v) is 13.8. The van der Waals surface area contributed by atoms with Crippen LogP contribution in [0.5, 0.6) is 0 Å². The summed E-state index contributed by atoms with van der Waals surface area (Å²) < 4.78 is 0. The number of rotatable bonds is 11. The lowest BCUT2D eigenvalue weighted by Crippen LogP contribution is -2.22. The number of aryl methyl sites for hydroxylation is 1. The van der Waals surface area contributed by atoms with Gasteiger partial charge in [0.25, 0.3) is 0 Å². The van der Waals surface area contributed by atoms with Crippen molar-refractivity contribution in [2.24, 2.45) is 0 Å². The topological polar surface area (TPSA) is 25.8 Å². The van der Waals surface area contributed by atoms with E-state index in [1.807, 2.05) is 18.5 Å². The van der Waals surface area contributed by atoms with Gasteiger partial charge in [0.2, 0.25) is 0 Å². The third kappa shape index (κ3) is 6.35. The lowest BCUT2D eigenvalue weighted by molar-refractivity contribution is 0.555. The summed E-state index contributed by atoms with van der Waals surface area (Å²) >= 11 is 13.7. The van der Waals surface area contributed by atoms with Crippen LogP contribution in [0.15, 0.2) is 91.3 Å². The predicted octanol–water partition coefficient (Wildman–Crippen LogP) is 9.46. The summed E-state index contributed by atoms with van der Waals surface area (Å²) in [5, 5.41) is 0.624. The van der Waals surface area contributed by atoms with Gasteiger partial charge in [-0.25, -0.2) is 9.97 Å². The van der Waals surface area contributed by atoms with Crippen LogP contribution in [0.25, 0.3) is 11.4 Å². The lowest BCUT2D eigenvalue weighted by Gasteiger charge is -2.31. The molecule has 1 aromatic heterocycles. The van der Waals surface area contributed by atoms with Gasteiger partial charge in [-0.2, -0.15) is 0 Å². The SMILES string of the molecule is CCCCCc1ccc(-c2ncc(C(C(Cl)CC)C(c3ccccc3)c3ccccc3)cn2)c(Cl)c1. The van der Waals surface area contributed by atoms with Crippen LogP contribution in [0.4, 0.5) is 0 Å². The van der Waals surface area contributed by atoms with Crippen LogP contribution >= 0.6 is 23.2 Å². The van der Waals surface area contributed by atoms with Crippen molar-refractivity contribution in [2.75, 3.05) is 0 Å². The minimum Gasteiger partial charge on any atom is -0.236 e. The molecule has 0 N–H and O–H groups in total. The molecule has 0 spiro atoms. The molecule has 0 aliphatic carbocycles. The van der Waals surface area contributed by atoms with E-state index in [1.165, 1.54) is 36.0 Å². The van der Waals surface area contributed by atoms with E-state index in [4.69, 9.17) is 33.2 Å². The average molecular weight is 518 g/mol. The molecule has 36 heavy (non-hydrogen) atoms. The van der Waals surface area contributed by atoms with Gasteiger partial charge in [0.05, 0.1) is 5.02 Å². The second-order valence-electron chi connectivity index (χ2n) is 9.36. The van der Waals surface area contributed by atoms with Crippen molar-refractivity contribution in [3.8, 4) is 11.4 Å². The third-order valence-electron chi connectivity index (χ3n) is 6.86. The molecule has 4 heteroatoms. The van der Waals surface area contributed by atoms with Gasteiger partial charge in [0.1, 0.15) is 0 Å². The Balaban J connectivity index is 1.68. The smallest absolute Gasteiger partial charge is 0.160 e. The summed E-state index contributed by atoms with van der Waals surface area (Å²) in [7, 11) is 0. The highest BCUT2D eigenvalue weighted by molar-refractivity contribution is 6.33. The quantitative estimate of drug-likeness (QED) is 0.146. The van der Waals surface area contributed by atoms with Crippen LogP contribution in [-0.2, 0) is 6.42 Å². The summed E-state index contributed by atoms with van der Waals surface area (Å²) in [5.74, 6) is 0.753. The largest absolute Gasteiger partial charge is 0.236 e. The van der Waals surface area contributed by atoms with Crippen molar-refractivity contribution >= 4 is 23.2 Å². The van der Waals surface area contributed by atoms with E-state index in [0.717, 1.165) is 24.0 Å². The Morgan fingerprint density at radius 1 is 0.750 bits per heavy atom. The normalized spacial score (nSPS) is 13.0. The molecular formula is C32H34Cl2N2. The first kappa shape index (κ1) is 26.4. The average Bonchev–Trinajstić information content (AvgIpc) is 2.93. The van der Waals surface area contributed by atoms with Gasteiger partial charge in [0, 0.05) is 35.2 Å². The molecule has 4 rings (SSSR count). The maximum Gasteiger partial charge on any atom is 0.160 e. The number of hydrogen-bond donors (Lipinski definition) is 0. The molecule has 1 heterocycles. The highest BCUT2D eigenvalue weighted by Gasteiger charge is 2.32. The molecule has 0 saturated carbocycles. The Bertz CT molecular complexity index is 1170. The zero-order chi connectivity index (χ0) is 25.3. The molecular weight excluding hydrogens is 483 g/mol. The van der Waals surface area contributed by atoms with E-state index < -0.39 is 0 Å². The molecule has 4 aromatic rings. The van der Waals surface area contributed by atoms with Crippen molar-refractivity contribution in [1.82, 2.24) is 9.97 Å². The zero-order valence-electron chi connectivity index (χ0n) is 21.1. The predicted molar refractivity (Wildman–Crippen MR) is 153 cm³/mol. The summed E-state index contributed by atoms with van der Waals surface area (Å²) in [6.07, 6.45) is 9.38. The third-order valence-corrected chi connectivity index (χ3v) is 7.75. The number of nitrogens with zero attached hydrogens (tertiary/aromatic N) is 2. The summed E-state index contributed by atoms with van der Waals surface area (Å²) in [6.45, 7) is 4.35. The van der Waals surface area contributed by atoms with E-state index in [1.54, 1.807) is 0 Å². The van der Waals surface area contributed by atoms with Crippen LogP contribution in [0, 0.1) is 0 Å². The van der Waals surface area contributed by atoms with Crippen LogP contribution in [-0.4, -0.2) is 15.3 Å². The first-order valence-electron chi connectivity index (χ1n) is 13.0. The molecule has 2 unspecified atom stereocenters. The minimum absolute atomic E-state index is 0.0203. The fraction of sp³-hybridized carbons (Fsp3) is 0.312. The first-order chi connectivity index (χ1) is 17.6. The molecule has 0 saturated heterocycles. The number of halogens is 2.